The van der Waals surface area contributed by atoms with E-state index >= 15 is 0 Å². The van der Waals surface area contributed by atoms with E-state index in [-0.39, 0.29) is 0 Å². The Kier molecular flexibility index (Phi) is 6.37. The number of nitrogens with zero attached hydrogens (tertiary/aromatic N) is 1. The first-order valence-electron chi connectivity index (χ1n) is 7.46. The Balaban J connectivity index is 2.15. The van der Waals surface area contributed by atoms with Crippen molar-refractivity contribution >= 4 is 0 Å². The lowest BCUT2D eigenvalue weighted by Gasteiger charge is -2.34. The summed E-state index contributed by atoms with van der Waals surface area (Å²) in [7, 11) is 0. The summed E-state index contributed by atoms with van der Waals surface area (Å²) in [6, 6.07) is 0.728. The van der Waals surface area contributed by atoms with Crippen LogP contribution in [0.2, 0.25) is 0 Å². The molecular formula is C16H32N2. The van der Waals surface area contributed by atoms with Gasteiger partial charge in [0.1, 0.15) is 0 Å². The van der Waals surface area contributed by atoms with E-state index in [1.807, 2.05) is 0 Å². The molecular weight excluding hydrogens is 220 g/mol. The zero-order valence-corrected chi connectivity index (χ0v) is 13.1. The molecule has 0 bridgehead atoms. The van der Waals surface area contributed by atoms with Crippen LogP contribution in [-0.4, -0.2) is 37.1 Å². The molecule has 0 saturated carbocycles. The van der Waals surface area contributed by atoms with Crippen molar-refractivity contribution in [2.24, 2.45) is 5.41 Å². The van der Waals surface area contributed by atoms with Crippen LogP contribution in [0.3, 0.4) is 0 Å². The number of nitrogens with one attached hydrogen (secondary N) is 1. The Bertz CT molecular complexity index is 251. The maximum atomic E-state index is 3.64. The largest absolute Gasteiger partial charge is 0.310 e. The van der Waals surface area contributed by atoms with Crippen molar-refractivity contribution in [3.63, 3.8) is 0 Å². The normalized spacial score (nSPS) is 18.9. The van der Waals surface area contributed by atoms with Crippen molar-refractivity contribution in [1.29, 1.82) is 0 Å². The van der Waals surface area contributed by atoms with Crippen molar-refractivity contribution in [2.45, 2.75) is 59.9 Å². The van der Waals surface area contributed by atoms with Crippen LogP contribution in [0.25, 0.3) is 0 Å². The average Bonchev–Trinajstić information content (AvgIpc) is 2.26. The second-order valence-electron chi connectivity index (χ2n) is 7.12. The number of rotatable bonds is 5. The van der Waals surface area contributed by atoms with E-state index in [1.165, 1.54) is 44.5 Å². The molecule has 0 aliphatic carbocycles. The average molecular weight is 252 g/mol. The molecule has 1 heterocycles. The van der Waals surface area contributed by atoms with Gasteiger partial charge >= 0.3 is 0 Å². The molecule has 0 atom stereocenters. The molecule has 1 rings (SSSR count). The Morgan fingerprint density at radius 1 is 1.22 bits per heavy atom. The maximum Gasteiger partial charge on any atom is 0.0139 e. The Hall–Kier alpha value is -0.340. The molecule has 0 amide bonds. The summed E-state index contributed by atoms with van der Waals surface area (Å²) in [4.78, 5) is 2.63. The SMILES string of the molecule is CC(C)=CCNC1CCN(CCC(C)(C)C)CC1. The van der Waals surface area contributed by atoms with Crippen molar-refractivity contribution in [3.05, 3.63) is 11.6 Å². The lowest BCUT2D eigenvalue weighted by Crippen LogP contribution is -2.43. The highest BCUT2D eigenvalue weighted by atomic mass is 15.1. The third-order valence-electron chi connectivity index (χ3n) is 3.68. The molecule has 0 aromatic rings. The minimum absolute atomic E-state index is 0.471. The van der Waals surface area contributed by atoms with Crippen LogP contribution in [0.4, 0.5) is 0 Å². The molecule has 1 N–H and O–H groups in total. The summed E-state index contributed by atoms with van der Waals surface area (Å²) in [6.45, 7) is 16.2. The molecule has 1 fully saturated rings. The van der Waals surface area contributed by atoms with Gasteiger partial charge in [-0.2, -0.15) is 0 Å². The van der Waals surface area contributed by atoms with E-state index in [0.717, 1.165) is 12.6 Å². The van der Waals surface area contributed by atoms with Crippen molar-refractivity contribution in [3.8, 4) is 0 Å². The van der Waals surface area contributed by atoms with Gasteiger partial charge < -0.3 is 10.2 Å². The van der Waals surface area contributed by atoms with Gasteiger partial charge in [0.25, 0.3) is 0 Å². The minimum atomic E-state index is 0.471. The monoisotopic (exact) mass is 252 g/mol. The van der Waals surface area contributed by atoms with Crippen LogP contribution in [-0.2, 0) is 0 Å². The van der Waals surface area contributed by atoms with Crippen molar-refractivity contribution in [2.75, 3.05) is 26.2 Å². The van der Waals surface area contributed by atoms with E-state index in [1.54, 1.807) is 0 Å². The lowest BCUT2D eigenvalue weighted by molar-refractivity contribution is 0.176. The highest BCUT2D eigenvalue weighted by Crippen LogP contribution is 2.20. The number of allylic oxidation sites excluding steroid dienone is 1. The van der Waals surface area contributed by atoms with Gasteiger partial charge in [0.15, 0.2) is 0 Å². The predicted molar refractivity (Wildman–Crippen MR) is 81.0 cm³/mol. The summed E-state index contributed by atoms with van der Waals surface area (Å²) in [5, 5.41) is 3.64. The van der Waals surface area contributed by atoms with Crippen LogP contribution in [0.15, 0.2) is 11.6 Å². The van der Waals surface area contributed by atoms with Crippen LogP contribution in [0, 0.1) is 5.41 Å². The fourth-order valence-electron chi connectivity index (χ4n) is 2.28. The summed E-state index contributed by atoms with van der Waals surface area (Å²) in [5.41, 5.74) is 1.88. The first kappa shape index (κ1) is 15.7. The van der Waals surface area contributed by atoms with Crippen molar-refractivity contribution in [1.82, 2.24) is 10.2 Å². The second kappa shape index (κ2) is 7.30. The highest BCUT2D eigenvalue weighted by molar-refractivity contribution is 4.95. The smallest absolute Gasteiger partial charge is 0.0139 e. The zero-order chi connectivity index (χ0) is 13.6. The third-order valence-corrected chi connectivity index (χ3v) is 3.68. The molecule has 0 aromatic carbocycles. The maximum absolute atomic E-state index is 3.64. The standard InChI is InChI=1S/C16H32N2/c1-14(2)6-10-17-15-7-11-18(12-8-15)13-9-16(3,4)5/h6,15,17H,7-13H2,1-5H3. The summed E-state index contributed by atoms with van der Waals surface area (Å²) in [5.74, 6) is 0. The number of hydrogen-bond donors (Lipinski definition) is 1. The summed E-state index contributed by atoms with van der Waals surface area (Å²) >= 11 is 0. The fraction of sp³-hybridized carbons (Fsp3) is 0.875. The highest BCUT2D eigenvalue weighted by Gasteiger charge is 2.19. The van der Waals surface area contributed by atoms with Crippen LogP contribution >= 0.6 is 0 Å². The van der Waals surface area contributed by atoms with Gasteiger partial charge in [-0.25, -0.2) is 0 Å². The molecule has 106 valence electrons. The molecule has 0 aromatic heterocycles. The van der Waals surface area contributed by atoms with Gasteiger partial charge in [-0.1, -0.05) is 32.4 Å². The Labute approximate surface area is 114 Å². The summed E-state index contributed by atoms with van der Waals surface area (Å²) in [6.07, 6.45) is 6.20. The Morgan fingerprint density at radius 3 is 2.33 bits per heavy atom. The quantitative estimate of drug-likeness (QED) is 0.754. The van der Waals surface area contributed by atoms with Crippen LogP contribution < -0.4 is 5.32 Å². The predicted octanol–water partition coefficient (Wildman–Crippen LogP) is 3.44. The second-order valence-corrected chi connectivity index (χ2v) is 7.12. The van der Waals surface area contributed by atoms with Gasteiger partial charge in [-0.3, -0.25) is 0 Å². The minimum Gasteiger partial charge on any atom is -0.310 e. The molecule has 1 aliphatic heterocycles. The lowest BCUT2D eigenvalue weighted by atomic mass is 9.91. The van der Waals surface area contributed by atoms with Crippen molar-refractivity contribution < 1.29 is 0 Å². The molecule has 2 heteroatoms. The molecule has 18 heavy (non-hydrogen) atoms. The number of likely N-dealkylation sites (tertiary alicyclic amines) is 1. The molecule has 0 radical (unpaired) electrons. The topological polar surface area (TPSA) is 15.3 Å². The summed E-state index contributed by atoms with van der Waals surface area (Å²) < 4.78 is 0. The number of piperidine rings is 1. The van der Waals surface area contributed by atoms with E-state index in [0.29, 0.717) is 5.41 Å². The van der Waals surface area contributed by atoms with E-state index in [2.05, 4.69) is 50.9 Å². The van der Waals surface area contributed by atoms with E-state index in [9.17, 15) is 0 Å². The molecule has 0 spiro atoms. The molecule has 1 saturated heterocycles. The van der Waals surface area contributed by atoms with Gasteiger partial charge in [0, 0.05) is 12.6 Å². The third kappa shape index (κ3) is 7.17. The van der Waals surface area contributed by atoms with Gasteiger partial charge in [0.05, 0.1) is 0 Å². The zero-order valence-electron chi connectivity index (χ0n) is 13.1. The first-order valence-corrected chi connectivity index (χ1v) is 7.46. The van der Waals surface area contributed by atoms with Gasteiger partial charge in [-0.05, 0) is 58.2 Å². The van der Waals surface area contributed by atoms with Crippen LogP contribution in [0.1, 0.15) is 53.9 Å². The number of hydrogen-bond acceptors (Lipinski definition) is 2. The van der Waals surface area contributed by atoms with Crippen LogP contribution in [0.5, 0.6) is 0 Å². The Morgan fingerprint density at radius 2 is 1.83 bits per heavy atom. The van der Waals surface area contributed by atoms with E-state index in [4.69, 9.17) is 0 Å². The molecule has 1 aliphatic rings. The molecule has 2 nitrogen and oxygen atoms in total. The van der Waals surface area contributed by atoms with Gasteiger partial charge in [0.2, 0.25) is 0 Å². The fourth-order valence-corrected chi connectivity index (χ4v) is 2.28. The molecule has 0 unspecified atom stereocenters. The first-order chi connectivity index (χ1) is 8.37. The van der Waals surface area contributed by atoms with Gasteiger partial charge in [-0.15, -0.1) is 0 Å². The van der Waals surface area contributed by atoms with E-state index < -0.39 is 0 Å².